The van der Waals surface area contributed by atoms with Crippen LogP contribution >= 0.6 is 0 Å². The molecular formula is C21H28O4. The maximum Gasteiger partial charge on any atom is 0.160 e. The minimum absolute atomic E-state index is 0.144. The Bertz CT molecular complexity index is 1270. The van der Waals surface area contributed by atoms with Crippen LogP contribution in [0.2, 0.25) is 0 Å². The fourth-order valence-electron chi connectivity index (χ4n) is 1.63. The van der Waals surface area contributed by atoms with Gasteiger partial charge in [0.15, 0.2) is 11.5 Å². The molecule has 2 aromatic rings. The first-order valence-electron chi connectivity index (χ1n) is 14.7. The summed E-state index contributed by atoms with van der Waals surface area (Å²) < 4.78 is 137. The Balaban J connectivity index is 2.53. The van der Waals surface area contributed by atoms with E-state index in [1.165, 1.54) is 6.92 Å². The molecule has 0 bridgehead atoms. The molecule has 0 aliphatic rings. The minimum atomic E-state index is -3.45. The lowest BCUT2D eigenvalue weighted by molar-refractivity contribution is 0.0976. The van der Waals surface area contributed by atoms with Crippen molar-refractivity contribution in [3.63, 3.8) is 0 Å². The molecule has 4 nitrogen and oxygen atoms in total. The summed E-state index contributed by atoms with van der Waals surface area (Å²) >= 11 is 0. The van der Waals surface area contributed by atoms with E-state index in [-0.39, 0.29) is 11.3 Å². The summed E-state index contributed by atoms with van der Waals surface area (Å²) in [7, 11) is 2.20. The van der Waals surface area contributed by atoms with E-state index in [1.54, 1.807) is 0 Å². The molecule has 0 aliphatic carbocycles. The van der Waals surface area contributed by atoms with E-state index in [1.807, 2.05) is 0 Å². The minimum Gasteiger partial charge on any atom is -0.493 e. The predicted octanol–water partition coefficient (Wildman–Crippen LogP) is 4.16. The van der Waals surface area contributed by atoms with Crippen LogP contribution in [0.25, 0.3) is 0 Å². The third-order valence-electron chi connectivity index (χ3n) is 2.75. The van der Waals surface area contributed by atoms with Gasteiger partial charge in [0.2, 0.25) is 0 Å². The van der Waals surface area contributed by atoms with Gasteiger partial charge in [0.05, 0.1) is 32.7 Å². The number of aliphatic hydroxyl groups excluding tert-OH is 1. The van der Waals surface area contributed by atoms with E-state index in [9.17, 15) is 5.11 Å². The molecular weight excluding hydrogens is 316 g/mol. The van der Waals surface area contributed by atoms with Crippen LogP contribution in [0.4, 0.5) is 0 Å². The van der Waals surface area contributed by atoms with Crippen LogP contribution in [-0.4, -0.2) is 32.0 Å². The molecule has 0 amide bonds. The van der Waals surface area contributed by atoms with E-state index in [4.69, 9.17) is 34.8 Å². The molecule has 0 saturated carbocycles. The number of methoxy groups -OCH3 is 2. The van der Waals surface area contributed by atoms with Crippen molar-refractivity contribution in [3.05, 3.63) is 53.4 Å². The SMILES string of the molecule is [2H]c1c([2H])c(C)c([2H])c(OC([2H])([2H])C(O)C([2H])([2H])CC([2H])([2H])C([2H])([2H])c2c([2H])c([2H])c(OC)c(OC)c2[2H])c1[2H]. The molecule has 4 heteroatoms. The van der Waals surface area contributed by atoms with Crippen molar-refractivity contribution in [2.45, 2.75) is 38.6 Å². The van der Waals surface area contributed by atoms with Crippen molar-refractivity contribution in [1.82, 2.24) is 0 Å². The van der Waals surface area contributed by atoms with Gasteiger partial charge in [-0.25, -0.2) is 0 Å². The second-order valence-corrected chi connectivity index (χ2v) is 4.58. The molecule has 1 N–H and O–H groups in total. The summed E-state index contributed by atoms with van der Waals surface area (Å²) in [6, 6.07) is -5.20. The average Bonchev–Trinajstić information content (AvgIpc) is 2.84. The Kier molecular flexibility index (Phi) is 2.86. The Morgan fingerprint density at radius 3 is 2.68 bits per heavy atom. The van der Waals surface area contributed by atoms with Gasteiger partial charge in [-0.1, -0.05) is 24.5 Å². The van der Waals surface area contributed by atoms with Crippen LogP contribution in [0.3, 0.4) is 0 Å². The quantitative estimate of drug-likeness (QED) is 0.692. The second kappa shape index (κ2) is 9.94. The number of ether oxygens (including phenoxy) is 3. The Labute approximate surface area is 171 Å². The van der Waals surface area contributed by atoms with Gasteiger partial charge in [0.1, 0.15) is 12.3 Å². The Morgan fingerprint density at radius 2 is 1.92 bits per heavy atom. The zero-order valence-corrected chi connectivity index (χ0v) is 14.0. The highest BCUT2D eigenvalue weighted by molar-refractivity contribution is 5.42. The first-order chi connectivity index (χ1) is 18.0. The lowest BCUT2D eigenvalue weighted by atomic mass is 10.0. The third kappa shape index (κ3) is 6.31. The van der Waals surface area contributed by atoms with Crippen molar-refractivity contribution >= 4 is 0 Å². The van der Waals surface area contributed by atoms with E-state index in [0.29, 0.717) is 0 Å². The standard InChI is InChI=1S/C21H28O4/c1-16-7-6-10-19(13-16)25-15-18(22)9-5-4-8-17-11-12-20(23-2)21(14-17)24-3/h6-7,10-14,18,22H,4-5,8-9,15H2,1-3H3/i4D2,6D,7D,8D2,9D2,10D,11D,12D,13D,14D,15D2. The van der Waals surface area contributed by atoms with E-state index < -0.39 is 97.6 Å². The van der Waals surface area contributed by atoms with Crippen molar-refractivity contribution in [2.75, 3.05) is 20.8 Å². The summed E-state index contributed by atoms with van der Waals surface area (Å²) in [5.74, 6) is -1.70. The highest BCUT2D eigenvalue weighted by atomic mass is 16.5. The first-order valence-corrected chi connectivity index (χ1v) is 7.18. The predicted molar refractivity (Wildman–Crippen MR) is 99.8 cm³/mol. The molecule has 0 aromatic heterocycles. The van der Waals surface area contributed by atoms with Crippen molar-refractivity contribution in [3.8, 4) is 17.2 Å². The highest BCUT2D eigenvalue weighted by Crippen LogP contribution is 2.28. The molecule has 136 valence electrons. The number of hydrogen-bond donors (Lipinski definition) is 1. The van der Waals surface area contributed by atoms with Crippen molar-refractivity contribution < 1.29 is 39.9 Å². The number of rotatable bonds is 10. The van der Waals surface area contributed by atoms with Crippen LogP contribution in [-0.2, 0) is 6.37 Å². The second-order valence-electron chi connectivity index (χ2n) is 4.58. The molecule has 0 aliphatic heterocycles. The van der Waals surface area contributed by atoms with Crippen LogP contribution < -0.4 is 14.2 Å². The molecule has 25 heavy (non-hydrogen) atoms. The van der Waals surface area contributed by atoms with Gasteiger partial charge in [-0.2, -0.15) is 0 Å². The summed E-state index contributed by atoms with van der Waals surface area (Å²) in [5.41, 5.74) is -1.11. The molecule has 1 unspecified atom stereocenters. The monoisotopic (exact) mass is 359 g/mol. The Hall–Kier alpha value is -2.20. The van der Waals surface area contributed by atoms with Gasteiger partial charge in [-0.15, -0.1) is 0 Å². The molecule has 2 aromatic carbocycles. The van der Waals surface area contributed by atoms with Crippen LogP contribution in [0.15, 0.2) is 42.3 Å². The number of benzene rings is 2. The van der Waals surface area contributed by atoms with E-state index in [2.05, 4.69) is 0 Å². The van der Waals surface area contributed by atoms with Crippen LogP contribution in [0.5, 0.6) is 17.2 Å². The van der Waals surface area contributed by atoms with Gasteiger partial charge in [-0.05, 0) is 61.3 Å². The van der Waals surface area contributed by atoms with E-state index in [0.717, 1.165) is 14.2 Å². The van der Waals surface area contributed by atoms with Gasteiger partial charge in [-0.3, -0.25) is 0 Å². The Morgan fingerprint density at radius 1 is 1.12 bits per heavy atom. The summed E-state index contributed by atoms with van der Waals surface area (Å²) in [6.07, 6.45) is -14.4. The third-order valence-corrected chi connectivity index (χ3v) is 2.75. The van der Waals surface area contributed by atoms with Crippen molar-refractivity contribution in [1.29, 1.82) is 0 Å². The highest BCUT2D eigenvalue weighted by Gasteiger charge is 2.07. The lowest BCUT2D eigenvalue weighted by Gasteiger charge is -2.13. The first kappa shape index (κ1) is 7.20. The van der Waals surface area contributed by atoms with E-state index >= 15 is 0 Å². The molecule has 0 heterocycles. The van der Waals surface area contributed by atoms with Gasteiger partial charge in [0.25, 0.3) is 0 Å². The molecule has 2 rings (SSSR count). The van der Waals surface area contributed by atoms with Crippen molar-refractivity contribution in [2.24, 2.45) is 0 Å². The van der Waals surface area contributed by atoms with Gasteiger partial charge < -0.3 is 19.3 Å². The fraction of sp³-hybridized carbons (Fsp3) is 0.429. The maximum absolute atomic E-state index is 10.6. The number of aliphatic hydroxyl groups is 1. The van der Waals surface area contributed by atoms with Gasteiger partial charge >= 0.3 is 0 Å². The topological polar surface area (TPSA) is 47.9 Å². The molecule has 1 atom stereocenters. The molecule has 0 radical (unpaired) electrons. The zero-order chi connectivity index (χ0) is 31.3. The lowest BCUT2D eigenvalue weighted by Crippen LogP contribution is -2.17. The zero-order valence-electron chi connectivity index (χ0n) is 29.0. The average molecular weight is 360 g/mol. The summed E-state index contributed by atoms with van der Waals surface area (Å²) in [4.78, 5) is 0. The summed E-state index contributed by atoms with van der Waals surface area (Å²) in [5, 5.41) is 10.6. The van der Waals surface area contributed by atoms with Crippen LogP contribution in [0, 0.1) is 6.92 Å². The maximum atomic E-state index is 10.6. The smallest absolute Gasteiger partial charge is 0.160 e. The molecule has 0 fully saturated rings. The fourth-order valence-corrected chi connectivity index (χ4v) is 1.63. The number of hydrogen-bond acceptors (Lipinski definition) is 4. The molecule has 0 spiro atoms. The molecule has 0 saturated heterocycles. The largest absolute Gasteiger partial charge is 0.493 e. The normalized spacial score (nSPS) is 22.8. The van der Waals surface area contributed by atoms with Crippen LogP contribution in [0.1, 0.15) is 50.9 Å². The van der Waals surface area contributed by atoms with Gasteiger partial charge in [0, 0.05) is 8.22 Å². The summed E-state index contributed by atoms with van der Waals surface area (Å²) in [6.45, 7) is -2.20.